The zero-order valence-electron chi connectivity index (χ0n) is 9.34. The van der Waals surface area contributed by atoms with Gasteiger partial charge in [-0.15, -0.1) is 0 Å². The molecule has 0 saturated carbocycles. The van der Waals surface area contributed by atoms with E-state index >= 15 is 0 Å². The van der Waals surface area contributed by atoms with E-state index in [0.29, 0.717) is 17.2 Å². The number of rotatable bonds is 2. The zero-order chi connectivity index (χ0) is 12.3. The molecule has 0 aliphatic heterocycles. The molecule has 86 valence electrons. The summed E-state index contributed by atoms with van der Waals surface area (Å²) < 4.78 is 0. The Kier molecular flexibility index (Phi) is 3.00. The number of hydrogen-bond acceptors (Lipinski definition) is 4. The lowest BCUT2D eigenvalue weighted by atomic mass is 10.1. The lowest BCUT2D eigenvalue weighted by Gasteiger charge is -2.07. The Balaban J connectivity index is 2.43. The third kappa shape index (κ3) is 2.57. The number of carbonyl (C=O) groups is 1. The number of nitrogens with zero attached hydrogens (tertiary/aromatic N) is 2. The van der Waals surface area contributed by atoms with Crippen LogP contribution in [0.2, 0.25) is 0 Å². The normalized spacial score (nSPS) is 9.94. The summed E-state index contributed by atoms with van der Waals surface area (Å²) in [5.41, 5.74) is 7.92. The largest absolute Gasteiger partial charge is 0.397 e. The molecule has 2 aromatic heterocycles. The minimum absolute atomic E-state index is 0.164. The molecule has 0 fully saturated rings. The molecule has 2 rings (SSSR count). The molecule has 2 aromatic rings. The van der Waals surface area contributed by atoms with Gasteiger partial charge in [0.15, 0.2) is 0 Å². The molecular weight excluding hydrogens is 216 g/mol. The Morgan fingerprint density at radius 2 is 1.94 bits per heavy atom. The average Bonchev–Trinajstić information content (AvgIpc) is 2.32. The number of carbonyl (C=O) groups excluding carboxylic acids is 1. The second-order valence-corrected chi connectivity index (χ2v) is 3.55. The number of aromatic nitrogens is 2. The Morgan fingerprint density at radius 1 is 1.24 bits per heavy atom. The van der Waals surface area contributed by atoms with E-state index in [1.54, 1.807) is 24.5 Å². The van der Waals surface area contributed by atoms with E-state index in [1.807, 2.05) is 12.1 Å². The van der Waals surface area contributed by atoms with Gasteiger partial charge < -0.3 is 11.1 Å². The van der Waals surface area contributed by atoms with Gasteiger partial charge in [0.25, 0.3) is 0 Å². The van der Waals surface area contributed by atoms with Crippen LogP contribution in [0.1, 0.15) is 6.92 Å². The van der Waals surface area contributed by atoms with E-state index in [1.165, 1.54) is 6.92 Å². The smallest absolute Gasteiger partial charge is 0.222 e. The molecule has 0 bridgehead atoms. The highest BCUT2D eigenvalue weighted by molar-refractivity contribution is 5.88. The van der Waals surface area contributed by atoms with Crippen LogP contribution in [0.3, 0.4) is 0 Å². The summed E-state index contributed by atoms with van der Waals surface area (Å²) in [4.78, 5) is 19.2. The summed E-state index contributed by atoms with van der Waals surface area (Å²) in [6, 6.07) is 7.02. The molecule has 0 aliphatic carbocycles. The van der Waals surface area contributed by atoms with Crippen molar-refractivity contribution in [1.29, 1.82) is 0 Å². The summed E-state index contributed by atoms with van der Waals surface area (Å²) >= 11 is 0. The van der Waals surface area contributed by atoms with Crippen molar-refractivity contribution in [1.82, 2.24) is 9.97 Å². The lowest BCUT2D eigenvalue weighted by molar-refractivity contribution is -0.114. The van der Waals surface area contributed by atoms with Crippen LogP contribution in [-0.4, -0.2) is 15.9 Å². The molecule has 0 atom stereocenters. The van der Waals surface area contributed by atoms with Gasteiger partial charge in [0, 0.05) is 24.9 Å². The van der Waals surface area contributed by atoms with Crippen LogP contribution >= 0.6 is 0 Å². The summed E-state index contributed by atoms with van der Waals surface area (Å²) in [5.74, 6) is 0.321. The molecule has 5 heteroatoms. The van der Waals surface area contributed by atoms with Crippen LogP contribution < -0.4 is 11.1 Å². The number of nitrogens with one attached hydrogen (secondary N) is 1. The molecule has 0 unspecified atom stereocenters. The van der Waals surface area contributed by atoms with E-state index in [9.17, 15) is 4.79 Å². The van der Waals surface area contributed by atoms with Gasteiger partial charge in [-0.05, 0) is 24.3 Å². The molecular formula is C12H12N4O. The van der Waals surface area contributed by atoms with Gasteiger partial charge in [0.1, 0.15) is 5.82 Å². The fourth-order valence-corrected chi connectivity index (χ4v) is 1.46. The predicted molar refractivity (Wildman–Crippen MR) is 66.2 cm³/mol. The number of nitrogen functional groups attached to an aromatic ring is 1. The molecule has 0 aliphatic rings. The molecule has 0 aromatic carbocycles. The second kappa shape index (κ2) is 4.61. The molecule has 3 N–H and O–H groups in total. The van der Waals surface area contributed by atoms with Crippen molar-refractivity contribution in [3.05, 3.63) is 36.7 Å². The highest BCUT2D eigenvalue weighted by Crippen LogP contribution is 2.24. The highest BCUT2D eigenvalue weighted by Gasteiger charge is 2.06. The number of anilines is 2. The Labute approximate surface area is 98.7 Å². The molecule has 0 spiro atoms. The van der Waals surface area contributed by atoms with Crippen molar-refractivity contribution in [2.75, 3.05) is 11.1 Å². The molecule has 0 radical (unpaired) electrons. The van der Waals surface area contributed by atoms with Crippen LogP contribution in [0, 0.1) is 0 Å². The summed E-state index contributed by atoms with van der Waals surface area (Å²) in [6.07, 6.45) is 3.34. The molecule has 0 saturated heterocycles. The SMILES string of the molecule is CC(=O)Nc1ccc(N)c(-c2ccncc2)n1. The molecule has 2 heterocycles. The van der Waals surface area contributed by atoms with Gasteiger partial charge in [-0.1, -0.05) is 0 Å². The summed E-state index contributed by atoms with van der Waals surface area (Å²) in [6.45, 7) is 1.43. The minimum Gasteiger partial charge on any atom is -0.397 e. The number of pyridine rings is 2. The molecule has 5 nitrogen and oxygen atoms in total. The van der Waals surface area contributed by atoms with Gasteiger partial charge in [-0.3, -0.25) is 9.78 Å². The zero-order valence-corrected chi connectivity index (χ0v) is 9.34. The first-order valence-electron chi connectivity index (χ1n) is 5.11. The quantitative estimate of drug-likeness (QED) is 0.819. The van der Waals surface area contributed by atoms with Gasteiger partial charge >= 0.3 is 0 Å². The van der Waals surface area contributed by atoms with Crippen LogP contribution in [0.4, 0.5) is 11.5 Å². The third-order valence-corrected chi connectivity index (χ3v) is 2.18. The third-order valence-electron chi connectivity index (χ3n) is 2.18. The van der Waals surface area contributed by atoms with Crippen molar-refractivity contribution < 1.29 is 4.79 Å². The predicted octanol–water partition coefficient (Wildman–Crippen LogP) is 1.68. The first kappa shape index (κ1) is 11.1. The molecule has 1 amide bonds. The monoisotopic (exact) mass is 228 g/mol. The molecule has 17 heavy (non-hydrogen) atoms. The van der Waals surface area contributed by atoms with E-state index in [4.69, 9.17) is 5.73 Å². The van der Waals surface area contributed by atoms with Crippen LogP contribution in [0.25, 0.3) is 11.3 Å². The maximum atomic E-state index is 11.0. The van der Waals surface area contributed by atoms with Crippen molar-refractivity contribution >= 4 is 17.4 Å². The maximum Gasteiger partial charge on any atom is 0.222 e. The van der Waals surface area contributed by atoms with Crippen molar-refractivity contribution in [3.8, 4) is 11.3 Å². The van der Waals surface area contributed by atoms with Gasteiger partial charge in [0.05, 0.1) is 11.4 Å². The Hall–Kier alpha value is -2.43. The van der Waals surface area contributed by atoms with Gasteiger partial charge in [-0.25, -0.2) is 4.98 Å². The van der Waals surface area contributed by atoms with E-state index in [2.05, 4.69) is 15.3 Å². The lowest BCUT2D eigenvalue weighted by Crippen LogP contribution is -2.08. The van der Waals surface area contributed by atoms with Crippen LogP contribution in [0.15, 0.2) is 36.7 Å². The number of nitrogens with two attached hydrogens (primary N) is 1. The van der Waals surface area contributed by atoms with Gasteiger partial charge in [-0.2, -0.15) is 0 Å². The minimum atomic E-state index is -0.164. The number of amides is 1. The summed E-state index contributed by atoms with van der Waals surface area (Å²) in [7, 11) is 0. The van der Waals surface area contributed by atoms with E-state index in [-0.39, 0.29) is 5.91 Å². The topological polar surface area (TPSA) is 80.9 Å². The first-order chi connectivity index (χ1) is 8.16. The van der Waals surface area contributed by atoms with Crippen molar-refractivity contribution in [3.63, 3.8) is 0 Å². The fraction of sp³-hybridized carbons (Fsp3) is 0.0833. The van der Waals surface area contributed by atoms with Crippen LogP contribution in [-0.2, 0) is 4.79 Å². The number of hydrogen-bond donors (Lipinski definition) is 2. The second-order valence-electron chi connectivity index (χ2n) is 3.55. The van der Waals surface area contributed by atoms with E-state index in [0.717, 1.165) is 5.56 Å². The standard InChI is InChI=1S/C12H12N4O/c1-8(17)15-11-3-2-10(13)12(16-11)9-4-6-14-7-5-9/h2-7H,13H2,1H3,(H,15,16,17). The average molecular weight is 228 g/mol. The van der Waals surface area contributed by atoms with Gasteiger partial charge in [0.2, 0.25) is 5.91 Å². The Bertz CT molecular complexity index is 539. The summed E-state index contributed by atoms with van der Waals surface area (Å²) in [5, 5.41) is 2.62. The van der Waals surface area contributed by atoms with Crippen LogP contribution in [0.5, 0.6) is 0 Å². The fourth-order valence-electron chi connectivity index (χ4n) is 1.46. The van der Waals surface area contributed by atoms with Crippen molar-refractivity contribution in [2.45, 2.75) is 6.92 Å². The van der Waals surface area contributed by atoms with Crippen molar-refractivity contribution in [2.24, 2.45) is 0 Å². The first-order valence-corrected chi connectivity index (χ1v) is 5.11. The maximum absolute atomic E-state index is 11.0. The van der Waals surface area contributed by atoms with E-state index < -0.39 is 0 Å². The highest BCUT2D eigenvalue weighted by atomic mass is 16.1. The Morgan fingerprint density at radius 3 is 2.59 bits per heavy atom.